The van der Waals surface area contributed by atoms with Crippen LogP contribution in [0.25, 0.3) is 0 Å². The molecule has 1 fully saturated rings. The number of piperidine rings is 1. The Bertz CT molecular complexity index is 551. The van der Waals surface area contributed by atoms with Crippen LogP contribution >= 0.6 is 12.4 Å². The smallest absolute Gasteiger partial charge is 0.254 e. The van der Waals surface area contributed by atoms with E-state index in [-0.39, 0.29) is 30.3 Å². The number of ether oxygens (including phenoxy) is 1. The maximum absolute atomic E-state index is 12.8. The number of likely N-dealkylation sites (tertiary alicyclic amines) is 1. The van der Waals surface area contributed by atoms with Crippen LogP contribution in [0.4, 0.5) is 0 Å². The number of nitrogens with zero attached hydrogens (tertiary/aromatic N) is 1. The number of nitrogens with two attached hydrogens (primary N) is 1. The highest BCUT2D eigenvalue weighted by molar-refractivity contribution is 5.94. The Labute approximate surface area is 155 Å². The summed E-state index contributed by atoms with van der Waals surface area (Å²) in [5.41, 5.74) is 7.11. The highest BCUT2D eigenvalue weighted by Crippen LogP contribution is 2.20. The number of benzene rings is 1. The first-order chi connectivity index (χ1) is 11.7. The van der Waals surface area contributed by atoms with E-state index in [1.807, 2.05) is 29.2 Å². The van der Waals surface area contributed by atoms with E-state index in [1.165, 1.54) is 0 Å². The summed E-state index contributed by atoms with van der Waals surface area (Å²) in [7, 11) is 1.65. The van der Waals surface area contributed by atoms with Gasteiger partial charge in [0, 0.05) is 44.8 Å². The fourth-order valence-corrected chi connectivity index (χ4v) is 3.01. The van der Waals surface area contributed by atoms with Crippen LogP contribution in [0.3, 0.4) is 0 Å². The molecule has 0 aliphatic carbocycles. The van der Waals surface area contributed by atoms with Crippen LogP contribution in [0, 0.1) is 0 Å². The molecule has 6 nitrogen and oxygen atoms in total. The SMILES string of the molecule is COCc1ccc(C(=O)N2CCCCC2CNC(=O)CCN)cc1.Cl. The monoisotopic (exact) mass is 369 g/mol. The van der Waals surface area contributed by atoms with Crippen molar-refractivity contribution in [3.05, 3.63) is 35.4 Å². The molecule has 2 amide bonds. The van der Waals surface area contributed by atoms with Crippen LogP contribution in [0.1, 0.15) is 41.6 Å². The van der Waals surface area contributed by atoms with Crippen LogP contribution in [0.5, 0.6) is 0 Å². The predicted molar refractivity (Wildman–Crippen MR) is 99.8 cm³/mol. The third-order valence-corrected chi connectivity index (χ3v) is 4.31. The van der Waals surface area contributed by atoms with E-state index in [9.17, 15) is 9.59 Å². The van der Waals surface area contributed by atoms with Gasteiger partial charge in [-0.15, -0.1) is 12.4 Å². The lowest BCUT2D eigenvalue weighted by Gasteiger charge is -2.36. The van der Waals surface area contributed by atoms with E-state index in [2.05, 4.69) is 5.32 Å². The van der Waals surface area contributed by atoms with Crippen molar-refractivity contribution in [2.75, 3.05) is 26.7 Å². The third kappa shape index (κ3) is 6.30. The van der Waals surface area contributed by atoms with Crippen molar-refractivity contribution in [3.63, 3.8) is 0 Å². The molecule has 0 radical (unpaired) electrons. The van der Waals surface area contributed by atoms with Gasteiger partial charge >= 0.3 is 0 Å². The summed E-state index contributed by atoms with van der Waals surface area (Å²) in [5, 5.41) is 2.89. The van der Waals surface area contributed by atoms with E-state index in [0.29, 0.717) is 31.7 Å². The van der Waals surface area contributed by atoms with Crippen LogP contribution in [-0.2, 0) is 16.1 Å². The molecule has 1 aliphatic rings. The summed E-state index contributed by atoms with van der Waals surface area (Å²) in [4.78, 5) is 26.3. The Kier molecular flexibility index (Phi) is 9.49. The molecule has 1 aromatic carbocycles. The second-order valence-corrected chi connectivity index (χ2v) is 6.12. The quantitative estimate of drug-likeness (QED) is 0.766. The molecule has 3 N–H and O–H groups in total. The average Bonchev–Trinajstić information content (AvgIpc) is 2.61. The summed E-state index contributed by atoms with van der Waals surface area (Å²) in [6, 6.07) is 7.56. The molecule has 0 aromatic heterocycles. The molecule has 2 rings (SSSR count). The standard InChI is InChI=1S/C18H27N3O3.ClH/c1-24-13-14-5-7-15(8-6-14)18(23)21-11-3-2-4-16(21)12-20-17(22)9-10-19;/h5-8,16H,2-4,9-13,19H2,1H3,(H,20,22);1H. The fraction of sp³-hybridized carbons (Fsp3) is 0.556. The number of rotatable bonds is 7. The summed E-state index contributed by atoms with van der Waals surface area (Å²) < 4.78 is 5.09. The Morgan fingerprint density at radius 3 is 2.64 bits per heavy atom. The van der Waals surface area contributed by atoms with Gasteiger partial charge in [0.1, 0.15) is 0 Å². The Hall–Kier alpha value is -1.63. The first-order valence-corrected chi connectivity index (χ1v) is 8.51. The summed E-state index contributed by atoms with van der Waals surface area (Å²) >= 11 is 0. The first-order valence-electron chi connectivity index (χ1n) is 8.51. The molecule has 1 unspecified atom stereocenters. The lowest BCUT2D eigenvalue weighted by Crippen LogP contribution is -2.49. The van der Waals surface area contributed by atoms with Crippen molar-refractivity contribution in [1.29, 1.82) is 0 Å². The van der Waals surface area contributed by atoms with Gasteiger partial charge in [-0.25, -0.2) is 0 Å². The van der Waals surface area contributed by atoms with Gasteiger partial charge < -0.3 is 20.7 Å². The molecule has 1 saturated heterocycles. The van der Waals surface area contributed by atoms with E-state index in [4.69, 9.17) is 10.5 Å². The van der Waals surface area contributed by atoms with E-state index >= 15 is 0 Å². The van der Waals surface area contributed by atoms with Gasteiger partial charge in [0.25, 0.3) is 5.91 Å². The molecule has 1 atom stereocenters. The number of methoxy groups -OCH3 is 1. The Balaban J connectivity index is 0.00000312. The van der Waals surface area contributed by atoms with Crippen LogP contribution in [0.2, 0.25) is 0 Å². The fourth-order valence-electron chi connectivity index (χ4n) is 3.01. The summed E-state index contributed by atoms with van der Waals surface area (Å²) in [6.45, 7) is 2.10. The molecule has 1 aliphatic heterocycles. The number of carbonyl (C=O) groups excluding carboxylic acids is 2. The molecule has 7 heteroatoms. The number of halogens is 1. The van der Waals surface area contributed by atoms with E-state index in [0.717, 1.165) is 31.4 Å². The summed E-state index contributed by atoms with van der Waals surface area (Å²) in [5.74, 6) is -0.0314. The third-order valence-electron chi connectivity index (χ3n) is 4.31. The maximum Gasteiger partial charge on any atom is 0.254 e. The van der Waals surface area contributed by atoms with Gasteiger partial charge in [-0.1, -0.05) is 12.1 Å². The molecule has 0 spiro atoms. The van der Waals surface area contributed by atoms with Crippen molar-refractivity contribution in [2.24, 2.45) is 5.73 Å². The number of hydrogen-bond donors (Lipinski definition) is 2. The Morgan fingerprint density at radius 2 is 2.00 bits per heavy atom. The highest BCUT2D eigenvalue weighted by atomic mass is 35.5. The largest absolute Gasteiger partial charge is 0.380 e. The number of hydrogen-bond acceptors (Lipinski definition) is 4. The molecule has 1 aromatic rings. The van der Waals surface area contributed by atoms with Gasteiger partial charge in [0.15, 0.2) is 0 Å². The minimum atomic E-state index is -0.0561. The first kappa shape index (κ1) is 21.4. The average molecular weight is 370 g/mol. The summed E-state index contributed by atoms with van der Waals surface area (Å²) in [6.07, 6.45) is 3.31. The molecule has 1 heterocycles. The van der Waals surface area contributed by atoms with E-state index < -0.39 is 0 Å². The molecule has 25 heavy (non-hydrogen) atoms. The second kappa shape index (κ2) is 11.1. The van der Waals surface area contributed by atoms with Gasteiger partial charge in [-0.2, -0.15) is 0 Å². The normalized spacial score (nSPS) is 16.9. The number of amides is 2. The molecule has 140 valence electrons. The molecular weight excluding hydrogens is 342 g/mol. The van der Waals surface area contributed by atoms with Gasteiger partial charge in [0.2, 0.25) is 5.91 Å². The molecule has 0 saturated carbocycles. The van der Waals surface area contributed by atoms with E-state index in [1.54, 1.807) is 7.11 Å². The minimum absolute atomic E-state index is 0. The van der Waals surface area contributed by atoms with Crippen LogP contribution in [0.15, 0.2) is 24.3 Å². The van der Waals surface area contributed by atoms with Crippen molar-refractivity contribution < 1.29 is 14.3 Å². The van der Waals surface area contributed by atoms with Gasteiger partial charge in [-0.05, 0) is 37.0 Å². The topological polar surface area (TPSA) is 84.7 Å². The van der Waals surface area contributed by atoms with Crippen molar-refractivity contribution in [1.82, 2.24) is 10.2 Å². The van der Waals surface area contributed by atoms with Gasteiger partial charge in [0.05, 0.1) is 6.61 Å². The van der Waals surface area contributed by atoms with Crippen molar-refractivity contribution in [2.45, 2.75) is 38.3 Å². The molecular formula is C18H28ClN3O3. The highest BCUT2D eigenvalue weighted by Gasteiger charge is 2.27. The zero-order valence-corrected chi connectivity index (χ0v) is 15.5. The van der Waals surface area contributed by atoms with Crippen molar-refractivity contribution in [3.8, 4) is 0 Å². The minimum Gasteiger partial charge on any atom is -0.380 e. The maximum atomic E-state index is 12.8. The Morgan fingerprint density at radius 1 is 1.28 bits per heavy atom. The predicted octanol–water partition coefficient (Wildman–Crippen LogP) is 1.71. The lowest BCUT2D eigenvalue weighted by atomic mass is 10.00. The van der Waals surface area contributed by atoms with Crippen molar-refractivity contribution >= 4 is 24.2 Å². The van der Waals surface area contributed by atoms with Gasteiger partial charge in [-0.3, -0.25) is 9.59 Å². The number of nitrogens with one attached hydrogen (secondary N) is 1. The lowest BCUT2D eigenvalue weighted by molar-refractivity contribution is -0.121. The zero-order chi connectivity index (χ0) is 17.4. The molecule has 0 bridgehead atoms. The second-order valence-electron chi connectivity index (χ2n) is 6.12. The van der Waals surface area contributed by atoms with Crippen LogP contribution < -0.4 is 11.1 Å². The number of carbonyl (C=O) groups is 2. The van der Waals surface area contributed by atoms with Crippen LogP contribution in [-0.4, -0.2) is 49.5 Å². The zero-order valence-electron chi connectivity index (χ0n) is 14.7.